The van der Waals surface area contributed by atoms with Crippen LogP contribution >= 0.6 is 0 Å². The SMILES string of the molecule is COc1cc(C(=O)N2CCn3nc([C@H](O)CN(C)C)cc3C2)ccn1. The van der Waals surface area contributed by atoms with Gasteiger partial charge in [0.15, 0.2) is 0 Å². The van der Waals surface area contributed by atoms with E-state index in [1.165, 1.54) is 7.11 Å². The maximum atomic E-state index is 12.7. The lowest BCUT2D eigenvalue weighted by molar-refractivity contribution is 0.0705. The number of hydrogen-bond acceptors (Lipinski definition) is 6. The number of nitrogens with zero attached hydrogens (tertiary/aromatic N) is 5. The zero-order valence-electron chi connectivity index (χ0n) is 14.7. The molecule has 0 aliphatic carbocycles. The first-order valence-electron chi connectivity index (χ1n) is 8.16. The Balaban J connectivity index is 1.74. The molecule has 0 bridgehead atoms. The molecule has 1 atom stereocenters. The molecule has 0 saturated carbocycles. The van der Waals surface area contributed by atoms with Crippen LogP contribution in [0.2, 0.25) is 0 Å². The van der Waals surface area contributed by atoms with Crippen molar-refractivity contribution in [2.75, 3.05) is 34.3 Å². The molecule has 3 heterocycles. The van der Waals surface area contributed by atoms with Crippen molar-refractivity contribution in [3.05, 3.63) is 41.3 Å². The highest BCUT2D eigenvalue weighted by Crippen LogP contribution is 2.20. The molecule has 0 fully saturated rings. The molecule has 0 spiro atoms. The van der Waals surface area contributed by atoms with Crippen molar-refractivity contribution in [2.24, 2.45) is 0 Å². The van der Waals surface area contributed by atoms with Crippen LogP contribution in [-0.2, 0) is 13.1 Å². The van der Waals surface area contributed by atoms with Crippen molar-refractivity contribution in [3.63, 3.8) is 0 Å². The van der Waals surface area contributed by atoms with Crippen LogP contribution in [0.25, 0.3) is 0 Å². The second-order valence-electron chi connectivity index (χ2n) is 6.38. The average molecular weight is 345 g/mol. The lowest BCUT2D eigenvalue weighted by Gasteiger charge is -2.27. The quantitative estimate of drug-likeness (QED) is 0.851. The van der Waals surface area contributed by atoms with E-state index in [0.717, 1.165) is 5.69 Å². The van der Waals surface area contributed by atoms with Crippen LogP contribution in [0, 0.1) is 0 Å². The number of ether oxygens (including phenoxy) is 1. The Bertz CT molecular complexity index is 758. The standard InChI is InChI=1S/C17H23N5O3/c1-20(2)11-15(23)14-9-13-10-21(6-7-22(13)19-14)17(24)12-4-5-18-16(8-12)25-3/h4-5,8-9,15,23H,6-7,10-11H2,1-3H3/t15-/m1/s1. The fraction of sp³-hybridized carbons (Fsp3) is 0.471. The molecule has 0 aromatic carbocycles. The normalized spacial score (nSPS) is 15.2. The number of amides is 1. The number of aromatic nitrogens is 3. The molecule has 2 aromatic heterocycles. The van der Waals surface area contributed by atoms with Crippen LogP contribution in [0.3, 0.4) is 0 Å². The summed E-state index contributed by atoms with van der Waals surface area (Å²) in [7, 11) is 5.34. The Morgan fingerprint density at radius 1 is 1.40 bits per heavy atom. The third-order valence-electron chi connectivity index (χ3n) is 4.17. The second kappa shape index (κ2) is 7.20. The first-order chi connectivity index (χ1) is 12.0. The van der Waals surface area contributed by atoms with Gasteiger partial charge < -0.3 is 19.6 Å². The van der Waals surface area contributed by atoms with Gasteiger partial charge in [-0.25, -0.2) is 4.98 Å². The molecule has 1 N–H and O–H groups in total. The minimum Gasteiger partial charge on any atom is -0.481 e. The van der Waals surface area contributed by atoms with Gasteiger partial charge in [0.2, 0.25) is 5.88 Å². The molecular weight excluding hydrogens is 322 g/mol. The third-order valence-corrected chi connectivity index (χ3v) is 4.17. The van der Waals surface area contributed by atoms with E-state index in [1.54, 1.807) is 23.2 Å². The van der Waals surface area contributed by atoms with E-state index in [9.17, 15) is 9.90 Å². The van der Waals surface area contributed by atoms with Gasteiger partial charge in [-0.05, 0) is 26.2 Å². The highest BCUT2D eigenvalue weighted by atomic mass is 16.5. The van der Waals surface area contributed by atoms with Gasteiger partial charge in [-0.2, -0.15) is 5.10 Å². The maximum Gasteiger partial charge on any atom is 0.254 e. The van der Waals surface area contributed by atoms with E-state index < -0.39 is 6.10 Å². The fourth-order valence-corrected chi connectivity index (χ4v) is 2.90. The van der Waals surface area contributed by atoms with Crippen molar-refractivity contribution in [3.8, 4) is 5.88 Å². The Hall–Kier alpha value is -2.45. The molecule has 2 aromatic rings. The molecular formula is C17H23N5O3. The number of rotatable bonds is 5. The van der Waals surface area contributed by atoms with Gasteiger partial charge in [-0.1, -0.05) is 0 Å². The lowest BCUT2D eigenvalue weighted by Crippen LogP contribution is -2.38. The minimum absolute atomic E-state index is 0.0662. The predicted molar refractivity (Wildman–Crippen MR) is 91.3 cm³/mol. The molecule has 8 heteroatoms. The first kappa shape index (κ1) is 17.4. The number of methoxy groups -OCH3 is 1. The summed E-state index contributed by atoms with van der Waals surface area (Å²) in [6, 6.07) is 5.20. The number of pyridine rings is 1. The van der Waals surface area contributed by atoms with Crippen molar-refractivity contribution < 1.29 is 14.6 Å². The van der Waals surface area contributed by atoms with E-state index in [-0.39, 0.29) is 5.91 Å². The largest absolute Gasteiger partial charge is 0.481 e. The van der Waals surface area contributed by atoms with Crippen LogP contribution in [0.5, 0.6) is 5.88 Å². The zero-order valence-corrected chi connectivity index (χ0v) is 14.7. The molecule has 3 rings (SSSR count). The Morgan fingerprint density at radius 3 is 2.92 bits per heavy atom. The third kappa shape index (κ3) is 3.80. The molecule has 0 radical (unpaired) electrons. The first-order valence-corrected chi connectivity index (χ1v) is 8.16. The van der Waals surface area contributed by atoms with Crippen molar-refractivity contribution in [2.45, 2.75) is 19.2 Å². The predicted octanol–water partition coefficient (Wildman–Crippen LogP) is 0.538. The average Bonchev–Trinajstić information content (AvgIpc) is 3.04. The number of aliphatic hydroxyl groups excluding tert-OH is 1. The topological polar surface area (TPSA) is 83.7 Å². The smallest absolute Gasteiger partial charge is 0.254 e. The number of likely N-dealkylation sites (N-methyl/N-ethyl adjacent to an activating group) is 1. The van der Waals surface area contributed by atoms with E-state index in [1.807, 2.05) is 29.7 Å². The summed E-state index contributed by atoms with van der Waals surface area (Å²) in [4.78, 5) is 20.4. The molecule has 8 nitrogen and oxygen atoms in total. The summed E-state index contributed by atoms with van der Waals surface area (Å²) in [6.45, 7) is 2.15. The Kier molecular flexibility index (Phi) is 5.00. The monoisotopic (exact) mass is 345 g/mol. The summed E-state index contributed by atoms with van der Waals surface area (Å²) < 4.78 is 6.95. The van der Waals surface area contributed by atoms with Crippen LogP contribution in [0.1, 0.15) is 27.8 Å². The minimum atomic E-state index is -0.637. The number of fused-ring (bicyclic) bond motifs is 1. The molecule has 134 valence electrons. The van der Waals surface area contributed by atoms with Gasteiger partial charge >= 0.3 is 0 Å². The van der Waals surface area contributed by atoms with Crippen molar-refractivity contribution in [1.82, 2.24) is 24.6 Å². The highest BCUT2D eigenvalue weighted by molar-refractivity contribution is 5.94. The summed E-state index contributed by atoms with van der Waals surface area (Å²) in [5.41, 5.74) is 2.12. The van der Waals surface area contributed by atoms with Crippen LogP contribution in [-0.4, -0.2) is 69.9 Å². The van der Waals surface area contributed by atoms with E-state index in [2.05, 4.69) is 10.1 Å². The summed E-state index contributed by atoms with van der Waals surface area (Å²) >= 11 is 0. The Morgan fingerprint density at radius 2 is 2.20 bits per heavy atom. The highest BCUT2D eigenvalue weighted by Gasteiger charge is 2.25. The van der Waals surface area contributed by atoms with E-state index in [0.29, 0.717) is 43.3 Å². The van der Waals surface area contributed by atoms with E-state index in [4.69, 9.17) is 4.74 Å². The summed E-state index contributed by atoms with van der Waals surface area (Å²) in [6.07, 6.45) is 0.928. The van der Waals surface area contributed by atoms with Gasteiger partial charge in [0.25, 0.3) is 5.91 Å². The van der Waals surface area contributed by atoms with Gasteiger partial charge in [-0.15, -0.1) is 0 Å². The number of carbonyl (C=O) groups is 1. The zero-order chi connectivity index (χ0) is 18.0. The molecule has 25 heavy (non-hydrogen) atoms. The summed E-state index contributed by atoms with van der Waals surface area (Å²) in [5, 5.41) is 14.7. The molecule has 1 amide bonds. The number of aliphatic hydroxyl groups is 1. The number of carbonyl (C=O) groups excluding carboxylic acids is 1. The fourth-order valence-electron chi connectivity index (χ4n) is 2.90. The van der Waals surface area contributed by atoms with Crippen LogP contribution in [0.15, 0.2) is 24.4 Å². The van der Waals surface area contributed by atoms with Gasteiger partial charge in [0.1, 0.15) is 6.10 Å². The Labute approximate surface area is 146 Å². The summed E-state index contributed by atoms with van der Waals surface area (Å²) in [5.74, 6) is 0.352. The van der Waals surface area contributed by atoms with Crippen LogP contribution in [0.4, 0.5) is 0 Å². The molecule has 0 saturated heterocycles. The second-order valence-corrected chi connectivity index (χ2v) is 6.38. The van der Waals surface area contributed by atoms with Gasteiger partial charge in [0, 0.05) is 30.9 Å². The van der Waals surface area contributed by atoms with Crippen molar-refractivity contribution >= 4 is 5.91 Å². The number of hydrogen-bond donors (Lipinski definition) is 1. The molecule has 1 aliphatic rings. The molecule has 0 unspecified atom stereocenters. The maximum absolute atomic E-state index is 12.7. The van der Waals surface area contributed by atoms with Crippen molar-refractivity contribution in [1.29, 1.82) is 0 Å². The van der Waals surface area contributed by atoms with E-state index >= 15 is 0 Å². The van der Waals surface area contributed by atoms with Gasteiger partial charge in [-0.3, -0.25) is 9.48 Å². The van der Waals surface area contributed by atoms with Gasteiger partial charge in [0.05, 0.1) is 31.6 Å². The lowest BCUT2D eigenvalue weighted by atomic mass is 10.2. The molecule has 1 aliphatic heterocycles. The van der Waals surface area contributed by atoms with Crippen LogP contribution < -0.4 is 4.74 Å².